The lowest BCUT2D eigenvalue weighted by molar-refractivity contribution is 0.631. The van der Waals surface area contributed by atoms with Crippen LogP contribution in [-0.4, -0.2) is 4.98 Å². The van der Waals surface area contributed by atoms with Gasteiger partial charge in [-0.05, 0) is 19.1 Å². The molecule has 3 nitrogen and oxygen atoms in total. The van der Waals surface area contributed by atoms with Crippen molar-refractivity contribution in [1.29, 1.82) is 5.26 Å². The summed E-state index contributed by atoms with van der Waals surface area (Å²) in [4.78, 5) is 3.99. The number of nitriles is 1. The van der Waals surface area contributed by atoms with Crippen molar-refractivity contribution in [1.82, 2.24) is 4.98 Å². The van der Waals surface area contributed by atoms with E-state index in [0.29, 0.717) is 16.8 Å². The van der Waals surface area contributed by atoms with E-state index < -0.39 is 0 Å². The lowest BCUT2D eigenvalue weighted by atomic mass is 10.00. The Morgan fingerprint density at radius 3 is 2.65 bits per heavy atom. The van der Waals surface area contributed by atoms with Crippen molar-refractivity contribution in [2.75, 3.05) is 5.73 Å². The number of aromatic nitrogens is 1. The Bertz CT molecular complexity index is 615. The Balaban J connectivity index is 2.76. The second-order valence-corrected chi connectivity index (χ2v) is 3.66. The summed E-state index contributed by atoms with van der Waals surface area (Å²) >= 11 is 0. The van der Waals surface area contributed by atoms with Crippen molar-refractivity contribution in [2.24, 2.45) is 0 Å². The quantitative estimate of drug-likeness (QED) is 0.814. The number of nitrogens with zero attached hydrogens (tertiary/aromatic N) is 2. The summed E-state index contributed by atoms with van der Waals surface area (Å²) in [5.74, 6) is -0.250. The number of aryl methyl sites for hydroxylation is 1. The lowest BCUT2D eigenvalue weighted by Crippen LogP contribution is -2.00. The number of pyridine rings is 1. The van der Waals surface area contributed by atoms with Gasteiger partial charge in [-0.15, -0.1) is 0 Å². The van der Waals surface area contributed by atoms with Gasteiger partial charge in [0.2, 0.25) is 0 Å². The van der Waals surface area contributed by atoms with E-state index in [-0.39, 0.29) is 17.2 Å². The number of nitrogen functional groups attached to an aromatic ring is 1. The first-order valence-corrected chi connectivity index (χ1v) is 5.05. The first-order valence-electron chi connectivity index (χ1n) is 5.05. The first kappa shape index (κ1) is 11.1. The molecule has 84 valence electrons. The summed E-state index contributed by atoms with van der Waals surface area (Å²) < 4.78 is 13.7. The summed E-state index contributed by atoms with van der Waals surface area (Å²) in [6.07, 6.45) is 0. The average molecular weight is 227 g/mol. The van der Waals surface area contributed by atoms with Gasteiger partial charge in [0.1, 0.15) is 23.3 Å². The molecule has 0 bridgehead atoms. The van der Waals surface area contributed by atoms with Crippen LogP contribution in [0, 0.1) is 24.1 Å². The topological polar surface area (TPSA) is 62.7 Å². The molecule has 1 aromatic carbocycles. The third-order valence-electron chi connectivity index (χ3n) is 2.45. The minimum absolute atomic E-state index is 0.130. The maximum absolute atomic E-state index is 13.7. The van der Waals surface area contributed by atoms with E-state index in [1.165, 1.54) is 6.07 Å². The largest absolute Gasteiger partial charge is 0.383 e. The highest BCUT2D eigenvalue weighted by Crippen LogP contribution is 2.28. The van der Waals surface area contributed by atoms with Crippen molar-refractivity contribution >= 4 is 5.82 Å². The van der Waals surface area contributed by atoms with Crippen LogP contribution in [0.1, 0.15) is 11.3 Å². The van der Waals surface area contributed by atoms with E-state index in [2.05, 4.69) is 4.98 Å². The van der Waals surface area contributed by atoms with Crippen molar-refractivity contribution in [2.45, 2.75) is 6.92 Å². The van der Waals surface area contributed by atoms with E-state index in [9.17, 15) is 4.39 Å². The summed E-state index contributed by atoms with van der Waals surface area (Å²) in [7, 11) is 0. The maximum Gasteiger partial charge on any atom is 0.142 e. The fourth-order valence-electron chi connectivity index (χ4n) is 1.71. The molecule has 2 N–H and O–H groups in total. The van der Waals surface area contributed by atoms with Crippen LogP contribution in [0.15, 0.2) is 30.3 Å². The van der Waals surface area contributed by atoms with Crippen LogP contribution in [0.2, 0.25) is 0 Å². The van der Waals surface area contributed by atoms with Gasteiger partial charge in [-0.2, -0.15) is 5.26 Å². The SMILES string of the molecule is Cc1cc(-c2ccccc2F)c(C#N)c(N)n1. The summed E-state index contributed by atoms with van der Waals surface area (Å²) in [5, 5.41) is 9.05. The molecule has 0 aliphatic rings. The minimum atomic E-state index is -0.381. The third kappa shape index (κ3) is 1.95. The van der Waals surface area contributed by atoms with Gasteiger partial charge in [0, 0.05) is 16.8 Å². The normalized spacial score (nSPS) is 9.94. The van der Waals surface area contributed by atoms with Crippen molar-refractivity contribution in [3.63, 3.8) is 0 Å². The van der Waals surface area contributed by atoms with E-state index in [1.54, 1.807) is 31.2 Å². The average Bonchev–Trinajstić information content (AvgIpc) is 2.28. The van der Waals surface area contributed by atoms with Gasteiger partial charge >= 0.3 is 0 Å². The van der Waals surface area contributed by atoms with Gasteiger partial charge in [-0.3, -0.25) is 0 Å². The molecule has 2 aromatic rings. The molecule has 0 saturated carbocycles. The van der Waals surface area contributed by atoms with Crippen LogP contribution in [0.3, 0.4) is 0 Å². The molecule has 2 rings (SSSR count). The zero-order valence-corrected chi connectivity index (χ0v) is 9.24. The Hall–Kier alpha value is -2.41. The predicted octanol–water partition coefficient (Wildman–Crippen LogP) is 2.65. The van der Waals surface area contributed by atoms with Crippen molar-refractivity contribution < 1.29 is 4.39 Å². The monoisotopic (exact) mass is 227 g/mol. The second-order valence-electron chi connectivity index (χ2n) is 3.66. The molecular weight excluding hydrogens is 217 g/mol. The highest BCUT2D eigenvalue weighted by Gasteiger charge is 2.13. The molecule has 17 heavy (non-hydrogen) atoms. The van der Waals surface area contributed by atoms with Gasteiger partial charge in [-0.25, -0.2) is 9.37 Å². The van der Waals surface area contributed by atoms with Crippen molar-refractivity contribution in [3.05, 3.63) is 47.4 Å². The Kier molecular flexibility index (Phi) is 2.75. The van der Waals surface area contributed by atoms with E-state index in [1.807, 2.05) is 6.07 Å². The Morgan fingerprint density at radius 1 is 1.29 bits per heavy atom. The van der Waals surface area contributed by atoms with Gasteiger partial charge in [-0.1, -0.05) is 18.2 Å². The highest BCUT2D eigenvalue weighted by molar-refractivity contribution is 5.75. The first-order chi connectivity index (χ1) is 8.13. The van der Waals surface area contributed by atoms with E-state index in [4.69, 9.17) is 11.0 Å². The van der Waals surface area contributed by atoms with Gasteiger partial charge in [0.15, 0.2) is 0 Å². The third-order valence-corrected chi connectivity index (χ3v) is 2.45. The number of halogens is 1. The molecule has 1 heterocycles. The highest BCUT2D eigenvalue weighted by atomic mass is 19.1. The fraction of sp³-hybridized carbons (Fsp3) is 0.0769. The van der Waals surface area contributed by atoms with Crippen molar-refractivity contribution in [3.8, 4) is 17.2 Å². The molecule has 0 radical (unpaired) electrons. The van der Waals surface area contributed by atoms with Crippen LogP contribution in [0.5, 0.6) is 0 Å². The number of benzene rings is 1. The van der Waals surface area contributed by atoms with E-state index >= 15 is 0 Å². The van der Waals surface area contributed by atoms with Crippen LogP contribution in [0.4, 0.5) is 10.2 Å². The van der Waals surface area contributed by atoms with Gasteiger partial charge in [0.05, 0.1) is 0 Å². The van der Waals surface area contributed by atoms with Crippen LogP contribution < -0.4 is 5.73 Å². The number of hydrogen-bond acceptors (Lipinski definition) is 3. The Morgan fingerprint density at radius 2 is 2.00 bits per heavy atom. The van der Waals surface area contributed by atoms with Gasteiger partial charge < -0.3 is 5.73 Å². The molecule has 1 aromatic heterocycles. The zero-order chi connectivity index (χ0) is 12.4. The maximum atomic E-state index is 13.7. The number of hydrogen-bond donors (Lipinski definition) is 1. The van der Waals surface area contributed by atoms with Crippen LogP contribution in [0.25, 0.3) is 11.1 Å². The number of rotatable bonds is 1. The summed E-state index contributed by atoms with van der Waals surface area (Å²) in [5.41, 5.74) is 7.37. The fourth-order valence-corrected chi connectivity index (χ4v) is 1.71. The predicted molar refractivity (Wildman–Crippen MR) is 63.5 cm³/mol. The van der Waals surface area contributed by atoms with Crippen LogP contribution in [-0.2, 0) is 0 Å². The smallest absolute Gasteiger partial charge is 0.142 e. The zero-order valence-electron chi connectivity index (χ0n) is 9.24. The van der Waals surface area contributed by atoms with Gasteiger partial charge in [0.25, 0.3) is 0 Å². The number of nitrogens with two attached hydrogens (primary N) is 1. The molecule has 4 heteroatoms. The number of anilines is 1. The molecule has 0 saturated heterocycles. The summed E-state index contributed by atoms with van der Waals surface area (Å²) in [6.45, 7) is 1.75. The summed E-state index contributed by atoms with van der Waals surface area (Å²) in [6, 6.07) is 9.90. The molecule has 0 aliphatic heterocycles. The molecule has 0 aliphatic carbocycles. The van der Waals surface area contributed by atoms with E-state index in [0.717, 1.165) is 0 Å². The minimum Gasteiger partial charge on any atom is -0.383 e. The molecule has 0 fully saturated rings. The standard InChI is InChI=1S/C13H10FN3/c1-8-6-10(11(7-15)13(16)17-8)9-4-2-3-5-12(9)14/h2-6H,1H3,(H2,16,17). The molecule has 0 atom stereocenters. The molecular formula is C13H10FN3. The molecule has 0 amide bonds. The second kappa shape index (κ2) is 4.22. The lowest BCUT2D eigenvalue weighted by Gasteiger charge is -2.08. The Labute approximate surface area is 98.3 Å². The molecule has 0 unspecified atom stereocenters. The molecule has 0 spiro atoms. The van der Waals surface area contributed by atoms with Crippen LogP contribution >= 0.6 is 0 Å².